The van der Waals surface area contributed by atoms with Crippen molar-refractivity contribution >= 4 is 12.0 Å². The lowest BCUT2D eigenvalue weighted by molar-refractivity contribution is -0.142. The third-order valence-corrected chi connectivity index (χ3v) is 5.51. The van der Waals surface area contributed by atoms with Gasteiger partial charge in [-0.25, -0.2) is 9.59 Å². The van der Waals surface area contributed by atoms with Crippen molar-refractivity contribution < 1.29 is 23.8 Å². The third kappa shape index (κ3) is 4.06. The molecule has 2 aromatic rings. The Morgan fingerprint density at radius 2 is 1.93 bits per heavy atom. The third-order valence-electron chi connectivity index (χ3n) is 5.51. The normalized spacial score (nSPS) is 24.1. The first kappa shape index (κ1) is 20.1. The molecular formula is C23H26N2O5. The summed E-state index contributed by atoms with van der Waals surface area (Å²) in [4.78, 5) is 23.8. The number of fused-ring (bicyclic) bond motifs is 1. The van der Waals surface area contributed by atoms with Gasteiger partial charge < -0.3 is 24.8 Å². The molecule has 7 nitrogen and oxygen atoms in total. The second-order valence-electron chi connectivity index (χ2n) is 8.47. The van der Waals surface area contributed by atoms with Crippen molar-refractivity contribution in [3.05, 3.63) is 59.7 Å². The standard InChI is InChI=1S/C23H26N2O5/c1-22(2)14-23(25-21(27)24-22)12-18(15-7-5-4-6-8-15)17-10-9-16(11-19(17)30-23)29-13-20(26)28-3/h4-11,18H,12-14H2,1-3H3,(H2,24,25,27). The lowest BCUT2D eigenvalue weighted by Gasteiger charge is -2.49. The van der Waals surface area contributed by atoms with E-state index in [-0.39, 0.29) is 18.6 Å². The number of carbonyl (C=O) groups excluding carboxylic acids is 2. The predicted octanol–water partition coefficient (Wildman–Crippen LogP) is 3.33. The molecule has 7 heteroatoms. The van der Waals surface area contributed by atoms with Crippen molar-refractivity contribution in [2.45, 2.75) is 43.9 Å². The zero-order valence-electron chi connectivity index (χ0n) is 17.4. The summed E-state index contributed by atoms with van der Waals surface area (Å²) in [6.45, 7) is 3.79. The average Bonchev–Trinajstić information content (AvgIpc) is 2.70. The summed E-state index contributed by atoms with van der Waals surface area (Å²) in [5.74, 6) is 0.719. The molecule has 2 heterocycles. The molecule has 2 atom stereocenters. The highest BCUT2D eigenvalue weighted by atomic mass is 16.6. The molecule has 2 amide bonds. The van der Waals surface area contributed by atoms with Crippen LogP contribution in [-0.2, 0) is 9.53 Å². The minimum atomic E-state index is -0.847. The van der Waals surface area contributed by atoms with Crippen LogP contribution in [-0.4, -0.2) is 37.0 Å². The number of nitrogens with one attached hydrogen (secondary N) is 2. The molecule has 0 bridgehead atoms. The van der Waals surface area contributed by atoms with Gasteiger partial charge in [-0.3, -0.25) is 0 Å². The topological polar surface area (TPSA) is 85.9 Å². The van der Waals surface area contributed by atoms with E-state index in [9.17, 15) is 9.59 Å². The second kappa shape index (κ2) is 7.55. The zero-order valence-corrected chi connectivity index (χ0v) is 17.4. The number of ether oxygens (including phenoxy) is 3. The number of esters is 1. The molecule has 2 N–H and O–H groups in total. The number of amides is 2. The summed E-state index contributed by atoms with van der Waals surface area (Å²) >= 11 is 0. The molecule has 0 aromatic heterocycles. The van der Waals surface area contributed by atoms with Crippen LogP contribution in [0.15, 0.2) is 48.5 Å². The van der Waals surface area contributed by atoms with Gasteiger partial charge in [-0.15, -0.1) is 0 Å². The van der Waals surface area contributed by atoms with Gasteiger partial charge in [-0.2, -0.15) is 0 Å². The molecule has 4 rings (SSSR count). The van der Waals surface area contributed by atoms with E-state index < -0.39 is 17.2 Å². The maximum Gasteiger partial charge on any atom is 0.343 e. The van der Waals surface area contributed by atoms with Crippen molar-refractivity contribution in [3.63, 3.8) is 0 Å². The number of hydrogen-bond acceptors (Lipinski definition) is 5. The molecule has 1 fully saturated rings. The Kier molecular flexibility index (Phi) is 5.05. The smallest absolute Gasteiger partial charge is 0.343 e. The molecule has 2 unspecified atom stereocenters. The summed E-state index contributed by atoms with van der Waals surface area (Å²) in [5.41, 5.74) is 0.901. The number of carbonyl (C=O) groups is 2. The van der Waals surface area contributed by atoms with Crippen molar-refractivity contribution in [3.8, 4) is 11.5 Å². The molecule has 0 aliphatic carbocycles. The number of benzene rings is 2. The highest BCUT2D eigenvalue weighted by molar-refractivity contribution is 5.77. The van der Waals surface area contributed by atoms with Crippen LogP contribution < -0.4 is 20.1 Å². The van der Waals surface area contributed by atoms with Crippen molar-refractivity contribution in [2.75, 3.05) is 13.7 Å². The number of hydrogen-bond donors (Lipinski definition) is 2. The lowest BCUT2D eigenvalue weighted by atomic mass is 9.77. The minimum absolute atomic E-state index is 0.0406. The Morgan fingerprint density at radius 1 is 1.17 bits per heavy atom. The maximum atomic E-state index is 12.4. The van der Waals surface area contributed by atoms with Gasteiger partial charge in [0.05, 0.1) is 7.11 Å². The van der Waals surface area contributed by atoms with E-state index in [0.29, 0.717) is 24.3 Å². The number of rotatable bonds is 4. The molecular weight excluding hydrogens is 384 g/mol. The molecule has 30 heavy (non-hydrogen) atoms. The van der Waals surface area contributed by atoms with Crippen LogP contribution in [0, 0.1) is 0 Å². The second-order valence-corrected chi connectivity index (χ2v) is 8.47. The SMILES string of the molecule is COC(=O)COc1ccc2c(c1)OC1(CC2c2ccccc2)CC(C)(C)NC(=O)N1. The van der Waals surface area contributed by atoms with E-state index in [2.05, 4.69) is 27.5 Å². The Labute approximate surface area is 175 Å². The summed E-state index contributed by atoms with van der Waals surface area (Å²) in [6.07, 6.45) is 1.21. The van der Waals surface area contributed by atoms with Crippen LogP contribution in [0.4, 0.5) is 4.79 Å². The van der Waals surface area contributed by atoms with E-state index in [4.69, 9.17) is 9.47 Å². The van der Waals surface area contributed by atoms with Crippen LogP contribution in [0.3, 0.4) is 0 Å². The molecule has 158 valence electrons. The van der Waals surface area contributed by atoms with Crippen LogP contribution in [0.2, 0.25) is 0 Å². The Balaban J connectivity index is 1.73. The van der Waals surface area contributed by atoms with Crippen LogP contribution in [0.25, 0.3) is 0 Å². The molecule has 2 aliphatic rings. The van der Waals surface area contributed by atoms with Crippen LogP contribution in [0.5, 0.6) is 11.5 Å². The highest BCUT2D eigenvalue weighted by Gasteiger charge is 2.49. The van der Waals surface area contributed by atoms with Crippen molar-refractivity contribution in [2.24, 2.45) is 0 Å². The molecule has 2 aromatic carbocycles. The van der Waals surface area contributed by atoms with Crippen LogP contribution >= 0.6 is 0 Å². The van der Waals surface area contributed by atoms with Gasteiger partial charge in [0.15, 0.2) is 12.3 Å². The first-order valence-electron chi connectivity index (χ1n) is 9.97. The summed E-state index contributed by atoms with van der Waals surface area (Å²) in [7, 11) is 1.32. The van der Waals surface area contributed by atoms with E-state index >= 15 is 0 Å². The minimum Gasteiger partial charge on any atom is -0.482 e. The van der Waals surface area contributed by atoms with Gasteiger partial charge in [0.1, 0.15) is 11.5 Å². The van der Waals surface area contributed by atoms with E-state index in [1.54, 1.807) is 6.07 Å². The van der Waals surface area contributed by atoms with E-state index in [0.717, 1.165) is 11.1 Å². The molecule has 0 saturated carbocycles. The fraction of sp³-hybridized carbons (Fsp3) is 0.391. The number of urea groups is 1. The Bertz CT molecular complexity index is 959. The summed E-state index contributed by atoms with van der Waals surface area (Å²) in [5, 5.41) is 5.97. The van der Waals surface area contributed by atoms with E-state index in [1.807, 2.05) is 44.2 Å². The average molecular weight is 410 g/mol. The molecule has 1 spiro atoms. The quantitative estimate of drug-likeness (QED) is 0.755. The van der Waals surface area contributed by atoms with Crippen LogP contribution in [0.1, 0.15) is 43.7 Å². The molecule has 1 saturated heterocycles. The fourth-order valence-corrected chi connectivity index (χ4v) is 4.39. The van der Waals surface area contributed by atoms with Gasteiger partial charge in [0.2, 0.25) is 0 Å². The van der Waals surface area contributed by atoms with E-state index in [1.165, 1.54) is 7.11 Å². The van der Waals surface area contributed by atoms with Gasteiger partial charge in [0.25, 0.3) is 0 Å². The monoisotopic (exact) mass is 410 g/mol. The van der Waals surface area contributed by atoms with Crippen molar-refractivity contribution in [1.29, 1.82) is 0 Å². The molecule has 2 aliphatic heterocycles. The largest absolute Gasteiger partial charge is 0.482 e. The fourth-order valence-electron chi connectivity index (χ4n) is 4.39. The highest BCUT2D eigenvalue weighted by Crippen LogP contribution is 2.47. The Hall–Kier alpha value is -3.22. The Morgan fingerprint density at radius 3 is 2.63 bits per heavy atom. The lowest BCUT2D eigenvalue weighted by Crippen LogP contribution is -2.69. The first-order valence-corrected chi connectivity index (χ1v) is 9.97. The first-order chi connectivity index (χ1) is 14.3. The summed E-state index contributed by atoms with van der Waals surface area (Å²) in [6, 6.07) is 15.5. The number of methoxy groups -OCH3 is 1. The van der Waals surface area contributed by atoms with Crippen molar-refractivity contribution in [1.82, 2.24) is 10.6 Å². The van der Waals surface area contributed by atoms with Gasteiger partial charge in [-0.1, -0.05) is 36.4 Å². The van der Waals surface area contributed by atoms with Gasteiger partial charge in [-0.05, 0) is 25.5 Å². The molecule has 0 radical (unpaired) electrons. The van der Waals surface area contributed by atoms with Gasteiger partial charge in [0, 0.05) is 35.9 Å². The predicted molar refractivity (Wildman–Crippen MR) is 111 cm³/mol. The zero-order chi connectivity index (χ0) is 21.4. The summed E-state index contributed by atoms with van der Waals surface area (Å²) < 4.78 is 16.6. The maximum absolute atomic E-state index is 12.4. The van der Waals surface area contributed by atoms with Gasteiger partial charge >= 0.3 is 12.0 Å².